The molecule has 1 aliphatic rings. The Kier molecular flexibility index (Phi) is 4.23. The van der Waals surface area contributed by atoms with Gasteiger partial charge < -0.3 is 10.1 Å². The van der Waals surface area contributed by atoms with Crippen LogP contribution in [0.1, 0.15) is 51.0 Å². The summed E-state index contributed by atoms with van der Waals surface area (Å²) < 4.78 is 5.88. The molecule has 0 aromatic carbocycles. The molecule has 1 fully saturated rings. The third-order valence-electron chi connectivity index (χ3n) is 3.80. The number of hydrogen-bond donors (Lipinski definition) is 1. The number of ether oxygens (including phenoxy) is 1. The molecule has 1 N–H and O–H groups in total. The summed E-state index contributed by atoms with van der Waals surface area (Å²) in [5, 5.41) is 5.89. The molecule has 2 heterocycles. The SMILES string of the molecule is CCC1(C)CC(NC(C)c2cccs2)CCO1. The molecule has 2 rings (SSSR count). The van der Waals surface area contributed by atoms with Gasteiger partial charge >= 0.3 is 0 Å². The normalized spacial score (nSPS) is 31.4. The summed E-state index contributed by atoms with van der Waals surface area (Å²) in [5.74, 6) is 0. The Morgan fingerprint density at radius 3 is 3.12 bits per heavy atom. The Balaban J connectivity index is 1.91. The van der Waals surface area contributed by atoms with E-state index in [0.29, 0.717) is 12.1 Å². The van der Waals surface area contributed by atoms with Crippen molar-refractivity contribution in [1.29, 1.82) is 0 Å². The Hall–Kier alpha value is -0.380. The van der Waals surface area contributed by atoms with Gasteiger partial charge in [-0.3, -0.25) is 0 Å². The fourth-order valence-electron chi connectivity index (χ4n) is 2.49. The Bertz CT molecular complexity index is 338. The molecule has 1 aromatic rings. The monoisotopic (exact) mass is 253 g/mol. The van der Waals surface area contributed by atoms with Gasteiger partial charge in [-0.05, 0) is 44.6 Å². The van der Waals surface area contributed by atoms with Crippen LogP contribution in [0.15, 0.2) is 17.5 Å². The quantitative estimate of drug-likeness (QED) is 0.882. The minimum absolute atomic E-state index is 0.0745. The van der Waals surface area contributed by atoms with Gasteiger partial charge in [0.25, 0.3) is 0 Å². The maximum absolute atomic E-state index is 5.88. The van der Waals surface area contributed by atoms with E-state index in [1.54, 1.807) is 0 Å². The summed E-state index contributed by atoms with van der Waals surface area (Å²) in [7, 11) is 0. The molecule has 1 saturated heterocycles. The van der Waals surface area contributed by atoms with E-state index in [1.165, 1.54) is 4.88 Å². The van der Waals surface area contributed by atoms with Crippen molar-refractivity contribution in [2.45, 2.75) is 57.7 Å². The highest BCUT2D eigenvalue weighted by Crippen LogP contribution is 2.29. The Morgan fingerprint density at radius 1 is 1.65 bits per heavy atom. The van der Waals surface area contributed by atoms with Gasteiger partial charge in [-0.2, -0.15) is 0 Å². The zero-order valence-corrected chi connectivity index (χ0v) is 11.8. The van der Waals surface area contributed by atoms with Crippen LogP contribution in [0.5, 0.6) is 0 Å². The lowest BCUT2D eigenvalue weighted by Crippen LogP contribution is -2.45. The minimum Gasteiger partial charge on any atom is -0.375 e. The van der Waals surface area contributed by atoms with E-state index in [-0.39, 0.29) is 5.60 Å². The summed E-state index contributed by atoms with van der Waals surface area (Å²) in [6.07, 6.45) is 3.35. The number of nitrogens with one attached hydrogen (secondary N) is 1. The average Bonchev–Trinajstić information content (AvgIpc) is 2.82. The molecule has 0 aliphatic carbocycles. The van der Waals surface area contributed by atoms with E-state index in [2.05, 4.69) is 43.6 Å². The molecular formula is C14H23NOS. The molecule has 1 aromatic heterocycles. The first-order valence-corrected chi connectivity index (χ1v) is 7.44. The van der Waals surface area contributed by atoms with Crippen LogP contribution in [0.3, 0.4) is 0 Å². The molecule has 0 spiro atoms. The summed E-state index contributed by atoms with van der Waals surface area (Å²) in [4.78, 5) is 1.43. The first kappa shape index (κ1) is 13.1. The zero-order chi connectivity index (χ0) is 12.3. The average molecular weight is 253 g/mol. The van der Waals surface area contributed by atoms with E-state index in [0.717, 1.165) is 25.9 Å². The molecule has 0 saturated carbocycles. The minimum atomic E-state index is 0.0745. The summed E-state index contributed by atoms with van der Waals surface area (Å²) in [5.41, 5.74) is 0.0745. The van der Waals surface area contributed by atoms with Crippen LogP contribution in [0.25, 0.3) is 0 Å². The Labute approximate surface area is 108 Å². The van der Waals surface area contributed by atoms with Gasteiger partial charge in [0, 0.05) is 23.6 Å². The Morgan fingerprint density at radius 2 is 2.47 bits per heavy atom. The predicted molar refractivity (Wildman–Crippen MR) is 73.5 cm³/mol. The molecule has 3 atom stereocenters. The smallest absolute Gasteiger partial charge is 0.0666 e. The van der Waals surface area contributed by atoms with Crippen LogP contribution >= 0.6 is 11.3 Å². The van der Waals surface area contributed by atoms with Gasteiger partial charge in [-0.15, -0.1) is 11.3 Å². The number of rotatable bonds is 4. The van der Waals surface area contributed by atoms with E-state index in [1.807, 2.05) is 11.3 Å². The van der Waals surface area contributed by atoms with Crippen LogP contribution in [-0.2, 0) is 4.74 Å². The fraction of sp³-hybridized carbons (Fsp3) is 0.714. The van der Waals surface area contributed by atoms with Crippen molar-refractivity contribution in [2.75, 3.05) is 6.61 Å². The second-order valence-corrected chi connectivity index (χ2v) is 6.22. The van der Waals surface area contributed by atoms with E-state index in [9.17, 15) is 0 Å². The van der Waals surface area contributed by atoms with Crippen molar-refractivity contribution in [3.63, 3.8) is 0 Å². The highest BCUT2D eigenvalue weighted by atomic mass is 32.1. The van der Waals surface area contributed by atoms with Crippen LogP contribution in [-0.4, -0.2) is 18.2 Å². The van der Waals surface area contributed by atoms with Crippen LogP contribution in [0.2, 0.25) is 0 Å². The lowest BCUT2D eigenvalue weighted by atomic mass is 9.89. The standard InChI is InChI=1S/C14H23NOS/c1-4-14(3)10-12(7-8-16-14)15-11(2)13-6-5-9-17-13/h5-6,9,11-12,15H,4,7-8,10H2,1-3H3. The summed E-state index contributed by atoms with van der Waals surface area (Å²) in [6.45, 7) is 7.59. The van der Waals surface area contributed by atoms with Gasteiger partial charge in [0.15, 0.2) is 0 Å². The van der Waals surface area contributed by atoms with Gasteiger partial charge in [0.2, 0.25) is 0 Å². The maximum atomic E-state index is 5.88. The van der Waals surface area contributed by atoms with Crippen molar-refractivity contribution in [1.82, 2.24) is 5.32 Å². The third-order valence-corrected chi connectivity index (χ3v) is 4.85. The molecule has 96 valence electrons. The van der Waals surface area contributed by atoms with Crippen molar-refractivity contribution in [3.05, 3.63) is 22.4 Å². The van der Waals surface area contributed by atoms with E-state index >= 15 is 0 Å². The third kappa shape index (κ3) is 3.30. The van der Waals surface area contributed by atoms with Gasteiger partial charge in [0.05, 0.1) is 5.60 Å². The molecule has 17 heavy (non-hydrogen) atoms. The lowest BCUT2D eigenvalue weighted by Gasteiger charge is -2.39. The molecule has 3 heteroatoms. The molecule has 2 nitrogen and oxygen atoms in total. The first-order chi connectivity index (χ1) is 8.13. The second-order valence-electron chi connectivity index (χ2n) is 5.25. The zero-order valence-electron chi connectivity index (χ0n) is 11.0. The topological polar surface area (TPSA) is 21.3 Å². The van der Waals surface area contributed by atoms with Crippen molar-refractivity contribution >= 4 is 11.3 Å². The largest absolute Gasteiger partial charge is 0.375 e. The predicted octanol–water partition coefficient (Wildman–Crippen LogP) is 3.75. The highest BCUT2D eigenvalue weighted by Gasteiger charge is 2.32. The van der Waals surface area contributed by atoms with Crippen LogP contribution in [0.4, 0.5) is 0 Å². The van der Waals surface area contributed by atoms with Crippen LogP contribution in [0, 0.1) is 0 Å². The molecule has 1 aliphatic heterocycles. The van der Waals surface area contributed by atoms with Gasteiger partial charge in [0.1, 0.15) is 0 Å². The molecule has 3 unspecified atom stereocenters. The van der Waals surface area contributed by atoms with Crippen molar-refractivity contribution < 1.29 is 4.74 Å². The molecular weight excluding hydrogens is 230 g/mol. The molecule has 0 bridgehead atoms. The van der Waals surface area contributed by atoms with E-state index < -0.39 is 0 Å². The summed E-state index contributed by atoms with van der Waals surface area (Å²) >= 11 is 1.83. The number of thiophene rings is 1. The second kappa shape index (κ2) is 5.51. The number of hydrogen-bond acceptors (Lipinski definition) is 3. The van der Waals surface area contributed by atoms with Gasteiger partial charge in [-0.1, -0.05) is 13.0 Å². The maximum Gasteiger partial charge on any atom is 0.0666 e. The molecule has 0 amide bonds. The fourth-order valence-corrected chi connectivity index (χ4v) is 3.24. The van der Waals surface area contributed by atoms with Crippen molar-refractivity contribution in [2.24, 2.45) is 0 Å². The lowest BCUT2D eigenvalue weighted by molar-refractivity contribution is -0.0789. The highest BCUT2D eigenvalue weighted by molar-refractivity contribution is 7.10. The van der Waals surface area contributed by atoms with Gasteiger partial charge in [-0.25, -0.2) is 0 Å². The summed E-state index contributed by atoms with van der Waals surface area (Å²) in [6, 6.07) is 5.38. The molecule has 0 radical (unpaired) electrons. The first-order valence-electron chi connectivity index (χ1n) is 6.56. The van der Waals surface area contributed by atoms with E-state index in [4.69, 9.17) is 4.74 Å². The van der Waals surface area contributed by atoms with Crippen LogP contribution < -0.4 is 5.32 Å². The van der Waals surface area contributed by atoms with Crippen molar-refractivity contribution in [3.8, 4) is 0 Å².